The molecule has 0 aliphatic heterocycles. The third-order valence-electron chi connectivity index (χ3n) is 4.34. The normalized spacial score (nSPS) is 12.6. The third kappa shape index (κ3) is 5.18. The molecule has 0 aromatic heterocycles. The zero-order valence-electron chi connectivity index (χ0n) is 14.8. The van der Waals surface area contributed by atoms with Gasteiger partial charge in [-0.3, -0.25) is 0 Å². The molecule has 2 nitrogen and oxygen atoms in total. The summed E-state index contributed by atoms with van der Waals surface area (Å²) in [6.45, 7) is 0. The van der Waals surface area contributed by atoms with Crippen LogP contribution in [0.5, 0.6) is 0 Å². The molecular formula is C22H20Cl3NO. The van der Waals surface area contributed by atoms with E-state index in [1.54, 1.807) is 7.11 Å². The van der Waals surface area contributed by atoms with Crippen LogP contribution in [0.25, 0.3) is 0 Å². The van der Waals surface area contributed by atoms with E-state index in [1.165, 1.54) is 5.56 Å². The van der Waals surface area contributed by atoms with Crippen LogP contribution in [0, 0.1) is 0 Å². The van der Waals surface area contributed by atoms with E-state index in [0.717, 1.165) is 16.9 Å². The number of methoxy groups -OCH3 is 1. The fraction of sp³-hybridized carbons (Fsp3) is 0.182. The lowest BCUT2D eigenvalue weighted by atomic mass is 9.97. The summed E-state index contributed by atoms with van der Waals surface area (Å²) in [4.78, 5) is 0. The Morgan fingerprint density at radius 1 is 0.852 bits per heavy atom. The highest BCUT2D eigenvalue weighted by molar-refractivity contribution is 6.67. The average Bonchev–Trinajstić information content (AvgIpc) is 2.67. The second kappa shape index (κ2) is 8.99. The van der Waals surface area contributed by atoms with Gasteiger partial charge < -0.3 is 10.1 Å². The molecule has 5 heteroatoms. The highest BCUT2D eigenvalue weighted by Gasteiger charge is 2.29. The summed E-state index contributed by atoms with van der Waals surface area (Å²) in [7, 11) is 1.70. The monoisotopic (exact) mass is 419 g/mol. The van der Waals surface area contributed by atoms with Crippen LogP contribution in [-0.2, 0) is 15.0 Å². The first-order chi connectivity index (χ1) is 13.0. The van der Waals surface area contributed by atoms with E-state index in [9.17, 15) is 0 Å². The Kier molecular flexibility index (Phi) is 6.67. The Morgan fingerprint density at radius 3 is 2.07 bits per heavy atom. The molecule has 0 bridgehead atoms. The van der Waals surface area contributed by atoms with E-state index < -0.39 is 3.79 Å². The maximum Gasteiger partial charge on any atom is 0.218 e. The molecular weight excluding hydrogens is 401 g/mol. The molecule has 27 heavy (non-hydrogen) atoms. The second-order valence-corrected chi connectivity index (χ2v) is 8.45. The number of hydrogen-bond acceptors (Lipinski definition) is 2. The van der Waals surface area contributed by atoms with Gasteiger partial charge in [-0.2, -0.15) is 0 Å². The minimum absolute atomic E-state index is 0.189. The van der Waals surface area contributed by atoms with Gasteiger partial charge in [-0.25, -0.2) is 0 Å². The summed E-state index contributed by atoms with van der Waals surface area (Å²) in [5, 5.41) is 3.41. The van der Waals surface area contributed by atoms with Gasteiger partial charge in [0, 0.05) is 30.3 Å². The van der Waals surface area contributed by atoms with Crippen LogP contribution in [0.1, 0.15) is 22.8 Å². The number of rotatable bonds is 6. The molecule has 0 aliphatic carbocycles. The van der Waals surface area contributed by atoms with Crippen molar-refractivity contribution in [1.29, 1.82) is 0 Å². The number of hydrogen-bond donors (Lipinski definition) is 1. The molecule has 3 aromatic carbocycles. The van der Waals surface area contributed by atoms with Gasteiger partial charge in [-0.05, 0) is 17.7 Å². The third-order valence-corrected chi connectivity index (χ3v) is 4.95. The highest BCUT2D eigenvalue weighted by atomic mass is 35.6. The van der Waals surface area contributed by atoms with Gasteiger partial charge in [0.25, 0.3) is 0 Å². The summed E-state index contributed by atoms with van der Waals surface area (Å²) in [5.74, 6) is 0. The fourth-order valence-electron chi connectivity index (χ4n) is 3.03. The van der Waals surface area contributed by atoms with Crippen molar-refractivity contribution in [3.63, 3.8) is 0 Å². The van der Waals surface area contributed by atoms with E-state index >= 15 is 0 Å². The van der Waals surface area contributed by atoms with E-state index in [4.69, 9.17) is 39.5 Å². The lowest BCUT2D eigenvalue weighted by Crippen LogP contribution is -2.13. The van der Waals surface area contributed by atoms with Crippen molar-refractivity contribution < 1.29 is 4.74 Å². The van der Waals surface area contributed by atoms with Crippen LogP contribution >= 0.6 is 34.8 Å². The molecule has 1 atom stereocenters. The molecule has 0 amide bonds. The van der Waals surface area contributed by atoms with Crippen molar-refractivity contribution in [3.8, 4) is 0 Å². The van der Waals surface area contributed by atoms with Gasteiger partial charge in [0.1, 0.15) is 0 Å². The van der Waals surface area contributed by atoms with Gasteiger partial charge in [0.05, 0.1) is 11.8 Å². The van der Waals surface area contributed by atoms with Crippen molar-refractivity contribution in [1.82, 2.24) is 0 Å². The molecule has 1 unspecified atom stereocenters. The Balaban J connectivity index is 2.05. The minimum atomic E-state index is -1.56. The van der Waals surface area contributed by atoms with Gasteiger partial charge in [0.15, 0.2) is 0 Å². The summed E-state index contributed by atoms with van der Waals surface area (Å²) in [6, 6.07) is 25.7. The lowest BCUT2D eigenvalue weighted by Gasteiger charge is -2.25. The smallest absolute Gasteiger partial charge is 0.218 e. The molecule has 0 saturated heterocycles. The summed E-state index contributed by atoms with van der Waals surface area (Å²) < 4.78 is 4.26. The molecule has 1 N–H and O–H groups in total. The summed E-state index contributed by atoms with van der Waals surface area (Å²) in [5.41, 5.74) is 4.37. The van der Waals surface area contributed by atoms with E-state index in [1.807, 2.05) is 66.7 Å². The number of para-hydroxylation sites is 2. The first kappa shape index (κ1) is 20.0. The zero-order chi connectivity index (χ0) is 19.3. The number of benzene rings is 3. The van der Waals surface area contributed by atoms with Gasteiger partial charge in [-0.1, -0.05) is 102 Å². The fourth-order valence-corrected chi connectivity index (χ4v) is 3.50. The second-order valence-electron chi connectivity index (χ2n) is 6.17. The molecule has 0 aliphatic rings. The molecule has 3 aromatic rings. The SMILES string of the molecule is COC(Cc1ccccc1)c1cccc(C(Cl)(Cl)Cl)c1Nc1ccccc1. The van der Waals surface area contributed by atoms with Crippen LogP contribution in [0.2, 0.25) is 0 Å². The summed E-state index contributed by atoms with van der Waals surface area (Å²) >= 11 is 18.8. The predicted octanol–water partition coefficient (Wildman–Crippen LogP) is 7.19. The lowest BCUT2D eigenvalue weighted by molar-refractivity contribution is 0.104. The van der Waals surface area contributed by atoms with Crippen LogP contribution in [0.4, 0.5) is 11.4 Å². The van der Waals surface area contributed by atoms with Gasteiger partial charge in [-0.15, -0.1) is 0 Å². The van der Waals surface area contributed by atoms with Crippen LogP contribution < -0.4 is 5.32 Å². The highest BCUT2D eigenvalue weighted by Crippen LogP contribution is 2.45. The maximum atomic E-state index is 6.26. The average molecular weight is 421 g/mol. The van der Waals surface area contributed by atoms with Crippen molar-refractivity contribution in [2.24, 2.45) is 0 Å². The quantitative estimate of drug-likeness (QED) is 0.426. The molecule has 140 valence electrons. The number of halogens is 3. The molecule has 0 fully saturated rings. The number of alkyl halides is 3. The standard InChI is InChI=1S/C22H20Cl3NO/c1-27-20(15-16-9-4-2-5-10-16)18-13-8-14-19(22(23,24)25)21(18)26-17-11-6-3-7-12-17/h2-14,20,26H,15H2,1H3. The first-order valence-corrected chi connectivity index (χ1v) is 9.71. The van der Waals surface area contributed by atoms with Crippen LogP contribution in [0.15, 0.2) is 78.9 Å². The minimum Gasteiger partial charge on any atom is -0.376 e. The van der Waals surface area contributed by atoms with Gasteiger partial charge >= 0.3 is 0 Å². The number of ether oxygens (including phenoxy) is 1. The topological polar surface area (TPSA) is 21.3 Å². The van der Waals surface area contributed by atoms with Gasteiger partial charge in [0.2, 0.25) is 3.79 Å². The molecule has 3 rings (SSSR count). The Bertz CT molecular complexity index is 864. The summed E-state index contributed by atoms with van der Waals surface area (Å²) in [6.07, 6.45) is 0.523. The Labute approximate surface area is 175 Å². The van der Waals surface area contributed by atoms with E-state index in [-0.39, 0.29) is 6.10 Å². The first-order valence-electron chi connectivity index (χ1n) is 8.58. The number of anilines is 2. The van der Waals surface area contributed by atoms with Crippen LogP contribution in [-0.4, -0.2) is 7.11 Å². The molecule has 0 radical (unpaired) electrons. The van der Waals surface area contributed by atoms with E-state index in [2.05, 4.69) is 17.4 Å². The number of nitrogens with one attached hydrogen (secondary N) is 1. The predicted molar refractivity (Wildman–Crippen MR) is 115 cm³/mol. The van der Waals surface area contributed by atoms with Crippen LogP contribution in [0.3, 0.4) is 0 Å². The molecule has 0 heterocycles. The van der Waals surface area contributed by atoms with Crippen molar-refractivity contribution in [3.05, 3.63) is 95.6 Å². The van der Waals surface area contributed by atoms with Crippen molar-refractivity contribution in [2.75, 3.05) is 12.4 Å². The van der Waals surface area contributed by atoms with E-state index in [0.29, 0.717) is 12.0 Å². The molecule has 0 saturated carbocycles. The van der Waals surface area contributed by atoms with Crippen molar-refractivity contribution in [2.45, 2.75) is 16.3 Å². The Hall–Kier alpha value is -1.71. The zero-order valence-corrected chi connectivity index (χ0v) is 17.1. The largest absolute Gasteiger partial charge is 0.376 e. The van der Waals surface area contributed by atoms with Crippen molar-refractivity contribution >= 4 is 46.2 Å². The maximum absolute atomic E-state index is 6.26. The Morgan fingerprint density at radius 2 is 1.48 bits per heavy atom. The molecule has 0 spiro atoms.